The van der Waals surface area contributed by atoms with Gasteiger partial charge in [-0.05, 0) is 39.3 Å². The van der Waals surface area contributed by atoms with Gasteiger partial charge < -0.3 is 16.3 Å². The van der Waals surface area contributed by atoms with E-state index in [1.165, 1.54) is 5.69 Å². The molecule has 1 atom stereocenters. The Hall–Kier alpha value is -1.56. The van der Waals surface area contributed by atoms with Crippen molar-refractivity contribution in [1.82, 2.24) is 15.1 Å². The Morgan fingerprint density at radius 2 is 2.33 bits per heavy atom. The largest absolute Gasteiger partial charge is 0.409 e. The van der Waals surface area contributed by atoms with Gasteiger partial charge in [0.15, 0.2) is 5.84 Å². The zero-order chi connectivity index (χ0) is 13.5. The van der Waals surface area contributed by atoms with Gasteiger partial charge in [-0.15, -0.1) is 0 Å². The Labute approximate surface area is 108 Å². The van der Waals surface area contributed by atoms with Gasteiger partial charge in [0.05, 0.1) is 11.7 Å². The molecule has 0 fully saturated rings. The summed E-state index contributed by atoms with van der Waals surface area (Å²) in [5.41, 5.74) is 7.79. The van der Waals surface area contributed by atoms with Gasteiger partial charge in [0.1, 0.15) is 0 Å². The van der Waals surface area contributed by atoms with Crippen molar-refractivity contribution < 1.29 is 5.21 Å². The van der Waals surface area contributed by atoms with E-state index in [0.717, 1.165) is 31.6 Å². The van der Waals surface area contributed by atoms with Crippen molar-refractivity contribution in [2.24, 2.45) is 10.9 Å². The lowest BCUT2D eigenvalue weighted by Crippen LogP contribution is -2.41. The van der Waals surface area contributed by atoms with Gasteiger partial charge in [-0.1, -0.05) is 12.1 Å². The minimum atomic E-state index is -0.0598. The highest BCUT2D eigenvalue weighted by atomic mass is 16.4. The maximum Gasteiger partial charge on any atom is 0.156 e. The lowest BCUT2D eigenvalue weighted by atomic mass is 10.2. The summed E-state index contributed by atoms with van der Waals surface area (Å²) in [6.07, 6.45) is 1.76. The molecule has 0 bridgehead atoms. The molecule has 6 heteroatoms. The van der Waals surface area contributed by atoms with Crippen molar-refractivity contribution >= 4 is 5.84 Å². The number of rotatable bonds is 7. The van der Waals surface area contributed by atoms with Crippen LogP contribution in [0.25, 0.3) is 0 Å². The van der Waals surface area contributed by atoms with Crippen LogP contribution in [0.5, 0.6) is 0 Å². The first-order valence-electron chi connectivity index (χ1n) is 6.30. The molecule has 1 aromatic rings. The lowest BCUT2D eigenvalue weighted by molar-refractivity contribution is 0.314. The molecule has 0 aliphatic carbocycles. The molecule has 0 spiro atoms. The van der Waals surface area contributed by atoms with Gasteiger partial charge in [0.25, 0.3) is 0 Å². The predicted octanol–water partition coefficient (Wildman–Crippen LogP) is 1.00. The fourth-order valence-electron chi connectivity index (χ4n) is 1.93. The summed E-state index contributed by atoms with van der Waals surface area (Å²) in [6.45, 7) is 7.73. The van der Waals surface area contributed by atoms with Crippen molar-refractivity contribution in [2.75, 3.05) is 6.54 Å². The van der Waals surface area contributed by atoms with Crippen molar-refractivity contribution in [3.63, 3.8) is 0 Å². The van der Waals surface area contributed by atoms with Crippen LogP contribution in [0, 0.1) is 13.8 Å². The second-order valence-electron chi connectivity index (χ2n) is 4.44. The average molecular weight is 253 g/mol. The molecule has 0 amide bonds. The summed E-state index contributed by atoms with van der Waals surface area (Å²) in [5, 5.41) is 19.3. The van der Waals surface area contributed by atoms with Crippen LogP contribution in [-0.2, 0) is 6.54 Å². The van der Waals surface area contributed by atoms with Gasteiger partial charge in [-0.25, -0.2) is 0 Å². The minimum absolute atomic E-state index is 0.0598. The van der Waals surface area contributed by atoms with Crippen LogP contribution in [0.3, 0.4) is 0 Å². The summed E-state index contributed by atoms with van der Waals surface area (Å²) in [4.78, 5) is 0. The monoisotopic (exact) mass is 253 g/mol. The molecule has 0 radical (unpaired) electrons. The van der Waals surface area contributed by atoms with Crippen LogP contribution in [0.2, 0.25) is 0 Å². The van der Waals surface area contributed by atoms with Crippen molar-refractivity contribution in [3.05, 3.63) is 17.5 Å². The van der Waals surface area contributed by atoms with E-state index in [-0.39, 0.29) is 11.9 Å². The third-order valence-electron chi connectivity index (χ3n) is 2.92. The SMILES string of the molecule is CCC(NCCCn1nc(C)cc1C)/C(N)=N/O. The molecule has 102 valence electrons. The van der Waals surface area contributed by atoms with Gasteiger partial charge in [0, 0.05) is 12.2 Å². The zero-order valence-corrected chi connectivity index (χ0v) is 11.3. The Morgan fingerprint density at radius 3 is 2.83 bits per heavy atom. The molecule has 1 rings (SSSR count). The quantitative estimate of drug-likeness (QED) is 0.222. The van der Waals surface area contributed by atoms with Gasteiger partial charge in [-0.3, -0.25) is 4.68 Å². The summed E-state index contributed by atoms with van der Waals surface area (Å²) in [5.74, 6) is 0.239. The molecule has 0 aliphatic heterocycles. The molecule has 6 nitrogen and oxygen atoms in total. The Kier molecular flexibility index (Phi) is 5.64. The van der Waals surface area contributed by atoms with E-state index in [0.29, 0.717) is 0 Å². The number of nitrogens with one attached hydrogen (secondary N) is 1. The van der Waals surface area contributed by atoms with Crippen molar-refractivity contribution in [2.45, 2.75) is 46.2 Å². The van der Waals surface area contributed by atoms with E-state index in [9.17, 15) is 0 Å². The highest BCUT2D eigenvalue weighted by Gasteiger charge is 2.10. The lowest BCUT2D eigenvalue weighted by Gasteiger charge is -2.15. The molecule has 1 heterocycles. The fourth-order valence-corrected chi connectivity index (χ4v) is 1.93. The number of hydrogen-bond donors (Lipinski definition) is 3. The van der Waals surface area contributed by atoms with E-state index >= 15 is 0 Å². The Morgan fingerprint density at radius 1 is 1.61 bits per heavy atom. The molecule has 18 heavy (non-hydrogen) atoms. The number of hydrogen-bond acceptors (Lipinski definition) is 4. The third-order valence-corrected chi connectivity index (χ3v) is 2.92. The summed E-state index contributed by atoms with van der Waals surface area (Å²) in [7, 11) is 0. The van der Waals surface area contributed by atoms with E-state index in [1.807, 2.05) is 18.5 Å². The zero-order valence-electron chi connectivity index (χ0n) is 11.3. The van der Waals surface area contributed by atoms with Crippen LogP contribution >= 0.6 is 0 Å². The average Bonchev–Trinajstić information content (AvgIpc) is 2.67. The number of amidine groups is 1. The Bertz CT molecular complexity index is 399. The maximum absolute atomic E-state index is 8.62. The van der Waals surface area contributed by atoms with Crippen LogP contribution in [-0.4, -0.2) is 33.4 Å². The number of nitrogens with zero attached hydrogens (tertiary/aromatic N) is 3. The standard InChI is InChI=1S/C12H23N5O/c1-4-11(12(13)16-18)14-6-5-7-17-10(3)8-9(2)15-17/h8,11,14,18H,4-7H2,1-3H3,(H2,13,16). The smallest absolute Gasteiger partial charge is 0.156 e. The first kappa shape index (κ1) is 14.5. The molecule has 1 unspecified atom stereocenters. The van der Waals surface area contributed by atoms with Crippen LogP contribution < -0.4 is 11.1 Å². The summed E-state index contributed by atoms with van der Waals surface area (Å²) < 4.78 is 2.00. The first-order valence-corrected chi connectivity index (χ1v) is 6.30. The maximum atomic E-state index is 8.62. The highest BCUT2D eigenvalue weighted by Crippen LogP contribution is 2.02. The topological polar surface area (TPSA) is 88.5 Å². The van der Waals surface area contributed by atoms with E-state index in [1.54, 1.807) is 0 Å². The van der Waals surface area contributed by atoms with Crippen LogP contribution in [0.15, 0.2) is 11.2 Å². The van der Waals surface area contributed by atoms with Crippen molar-refractivity contribution in [3.8, 4) is 0 Å². The van der Waals surface area contributed by atoms with Crippen LogP contribution in [0.1, 0.15) is 31.2 Å². The molecule has 0 aliphatic rings. The van der Waals surface area contributed by atoms with E-state index in [4.69, 9.17) is 10.9 Å². The molecule has 0 saturated carbocycles. The summed E-state index contributed by atoms with van der Waals surface area (Å²) >= 11 is 0. The van der Waals surface area contributed by atoms with Gasteiger partial charge in [0.2, 0.25) is 0 Å². The van der Waals surface area contributed by atoms with Crippen molar-refractivity contribution in [1.29, 1.82) is 0 Å². The molecular formula is C12H23N5O. The van der Waals surface area contributed by atoms with Gasteiger partial charge >= 0.3 is 0 Å². The normalized spacial score (nSPS) is 13.8. The second-order valence-corrected chi connectivity index (χ2v) is 4.44. The number of nitrogens with two attached hydrogens (primary N) is 1. The predicted molar refractivity (Wildman–Crippen MR) is 71.8 cm³/mol. The first-order chi connectivity index (χ1) is 8.58. The fraction of sp³-hybridized carbons (Fsp3) is 0.667. The van der Waals surface area contributed by atoms with E-state index < -0.39 is 0 Å². The molecule has 0 saturated heterocycles. The number of aryl methyl sites for hydroxylation is 3. The van der Waals surface area contributed by atoms with Gasteiger partial charge in [-0.2, -0.15) is 5.10 Å². The summed E-state index contributed by atoms with van der Waals surface area (Å²) in [6, 6.07) is 2.01. The number of oxime groups is 1. The third kappa shape index (κ3) is 4.03. The molecular weight excluding hydrogens is 230 g/mol. The highest BCUT2D eigenvalue weighted by molar-refractivity contribution is 5.85. The minimum Gasteiger partial charge on any atom is -0.409 e. The molecule has 0 aromatic carbocycles. The molecule has 1 aromatic heterocycles. The molecule has 4 N–H and O–H groups in total. The van der Waals surface area contributed by atoms with Crippen LogP contribution in [0.4, 0.5) is 0 Å². The van der Waals surface area contributed by atoms with E-state index in [2.05, 4.69) is 28.6 Å². The number of aromatic nitrogens is 2. The Balaban J connectivity index is 2.32. The second kappa shape index (κ2) is 7.00.